The predicted octanol–water partition coefficient (Wildman–Crippen LogP) is 2.85. The molecule has 0 N–H and O–H groups in total. The van der Waals surface area contributed by atoms with Gasteiger partial charge < -0.3 is 4.74 Å². The third kappa shape index (κ3) is 3.04. The SMILES string of the molecule is CCC(=O)OC1CC2CC1CN(Cc1ccccc1)C2. The Kier molecular flexibility index (Phi) is 4.06. The Morgan fingerprint density at radius 3 is 2.80 bits per heavy atom. The lowest BCUT2D eigenvalue weighted by Gasteiger charge is -2.32. The summed E-state index contributed by atoms with van der Waals surface area (Å²) in [6.07, 6.45) is 2.93. The fourth-order valence-corrected chi connectivity index (χ4v) is 3.68. The second-order valence-electron chi connectivity index (χ2n) is 6.16. The van der Waals surface area contributed by atoms with E-state index in [1.54, 1.807) is 0 Å². The monoisotopic (exact) mass is 273 g/mol. The first-order valence-electron chi connectivity index (χ1n) is 7.70. The van der Waals surface area contributed by atoms with Crippen molar-refractivity contribution >= 4 is 5.97 Å². The molecule has 1 aliphatic carbocycles. The standard InChI is InChI=1S/C17H23NO2/c1-2-17(19)20-16-9-14-8-15(16)12-18(11-14)10-13-6-4-3-5-7-13/h3-7,14-16H,2,8-12H2,1H3. The first-order valence-corrected chi connectivity index (χ1v) is 7.70. The van der Waals surface area contributed by atoms with E-state index in [4.69, 9.17) is 4.74 Å². The van der Waals surface area contributed by atoms with Crippen LogP contribution in [0.1, 0.15) is 31.7 Å². The molecule has 0 amide bonds. The molecular weight excluding hydrogens is 250 g/mol. The smallest absolute Gasteiger partial charge is 0.305 e. The number of ether oxygens (including phenoxy) is 1. The van der Waals surface area contributed by atoms with Gasteiger partial charge in [-0.2, -0.15) is 0 Å². The summed E-state index contributed by atoms with van der Waals surface area (Å²) < 4.78 is 5.61. The highest BCUT2D eigenvalue weighted by atomic mass is 16.5. The number of likely N-dealkylation sites (tertiary alicyclic amines) is 1. The van der Waals surface area contributed by atoms with Gasteiger partial charge in [0.15, 0.2) is 0 Å². The Morgan fingerprint density at radius 2 is 2.05 bits per heavy atom. The number of nitrogens with zero attached hydrogens (tertiary/aromatic N) is 1. The van der Waals surface area contributed by atoms with Crippen molar-refractivity contribution in [1.82, 2.24) is 4.90 Å². The maximum atomic E-state index is 11.5. The summed E-state index contributed by atoms with van der Waals surface area (Å²) in [5.74, 6) is 1.19. The van der Waals surface area contributed by atoms with Crippen LogP contribution in [0.5, 0.6) is 0 Å². The lowest BCUT2D eigenvalue weighted by molar-refractivity contribution is -0.150. The van der Waals surface area contributed by atoms with E-state index in [1.165, 1.54) is 12.0 Å². The van der Waals surface area contributed by atoms with Gasteiger partial charge in [-0.3, -0.25) is 9.69 Å². The summed E-state index contributed by atoms with van der Waals surface area (Å²) >= 11 is 0. The van der Waals surface area contributed by atoms with Crippen LogP contribution in [-0.4, -0.2) is 30.1 Å². The summed E-state index contributed by atoms with van der Waals surface area (Å²) in [6.45, 7) is 5.09. The average Bonchev–Trinajstić information content (AvgIpc) is 2.74. The molecule has 0 radical (unpaired) electrons. The zero-order chi connectivity index (χ0) is 13.9. The van der Waals surface area contributed by atoms with E-state index in [2.05, 4.69) is 35.2 Å². The Bertz CT molecular complexity index is 459. The Labute approximate surface area is 120 Å². The Morgan fingerprint density at radius 1 is 1.25 bits per heavy atom. The molecule has 1 aromatic carbocycles. The highest BCUT2D eigenvalue weighted by molar-refractivity contribution is 5.69. The Hall–Kier alpha value is -1.35. The summed E-state index contributed by atoms with van der Waals surface area (Å²) in [7, 11) is 0. The van der Waals surface area contributed by atoms with Crippen LogP contribution in [0.2, 0.25) is 0 Å². The number of carbonyl (C=O) groups is 1. The predicted molar refractivity (Wildman–Crippen MR) is 78.1 cm³/mol. The first kappa shape index (κ1) is 13.6. The van der Waals surface area contributed by atoms with Crippen molar-refractivity contribution in [2.24, 2.45) is 11.8 Å². The van der Waals surface area contributed by atoms with E-state index in [-0.39, 0.29) is 12.1 Å². The van der Waals surface area contributed by atoms with E-state index >= 15 is 0 Å². The summed E-state index contributed by atoms with van der Waals surface area (Å²) in [6, 6.07) is 10.6. The highest BCUT2D eigenvalue weighted by Gasteiger charge is 2.41. The zero-order valence-electron chi connectivity index (χ0n) is 12.1. The van der Waals surface area contributed by atoms with Crippen molar-refractivity contribution in [3.05, 3.63) is 35.9 Å². The average molecular weight is 273 g/mol. The molecule has 1 aromatic rings. The van der Waals surface area contributed by atoms with E-state index < -0.39 is 0 Å². The normalized spacial score (nSPS) is 29.4. The van der Waals surface area contributed by atoms with Gasteiger partial charge in [-0.15, -0.1) is 0 Å². The van der Waals surface area contributed by atoms with Crippen LogP contribution >= 0.6 is 0 Å². The Balaban J connectivity index is 1.59. The van der Waals surface area contributed by atoms with Gasteiger partial charge in [-0.1, -0.05) is 37.3 Å². The van der Waals surface area contributed by atoms with Crippen molar-refractivity contribution in [1.29, 1.82) is 0 Å². The van der Waals surface area contributed by atoms with Crippen LogP contribution in [-0.2, 0) is 16.1 Å². The summed E-state index contributed by atoms with van der Waals surface area (Å²) in [4.78, 5) is 14.0. The van der Waals surface area contributed by atoms with Crippen molar-refractivity contribution in [2.45, 2.75) is 38.8 Å². The molecule has 1 aliphatic heterocycles. The third-order valence-electron chi connectivity index (χ3n) is 4.56. The molecule has 20 heavy (non-hydrogen) atoms. The molecule has 1 heterocycles. The van der Waals surface area contributed by atoms with Gasteiger partial charge in [-0.25, -0.2) is 0 Å². The topological polar surface area (TPSA) is 29.5 Å². The minimum atomic E-state index is -0.0443. The summed E-state index contributed by atoms with van der Waals surface area (Å²) in [5.41, 5.74) is 1.37. The highest BCUT2D eigenvalue weighted by Crippen LogP contribution is 2.39. The number of carbonyl (C=O) groups excluding carboxylic acids is 1. The molecule has 3 heteroatoms. The van der Waals surface area contributed by atoms with Gasteiger partial charge in [0.05, 0.1) is 0 Å². The number of benzene rings is 1. The first-order chi connectivity index (χ1) is 9.74. The molecule has 108 valence electrons. The number of piperidine rings is 1. The van der Waals surface area contributed by atoms with Gasteiger partial charge in [0.1, 0.15) is 6.10 Å². The fourth-order valence-electron chi connectivity index (χ4n) is 3.68. The van der Waals surface area contributed by atoms with Gasteiger partial charge >= 0.3 is 5.97 Å². The van der Waals surface area contributed by atoms with Crippen molar-refractivity contribution in [3.8, 4) is 0 Å². The number of esters is 1. The molecule has 3 rings (SSSR count). The van der Waals surface area contributed by atoms with E-state index in [1.807, 2.05) is 6.92 Å². The molecule has 3 unspecified atom stereocenters. The minimum absolute atomic E-state index is 0.0443. The maximum absolute atomic E-state index is 11.5. The second kappa shape index (κ2) is 5.96. The van der Waals surface area contributed by atoms with Gasteiger partial charge in [0.2, 0.25) is 0 Å². The summed E-state index contributed by atoms with van der Waals surface area (Å²) in [5, 5.41) is 0. The van der Waals surface area contributed by atoms with E-state index in [0.717, 1.165) is 26.1 Å². The molecule has 0 aromatic heterocycles. The van der Waals surface area contributed by atoms with Gasteiger partial charge in [0.25, 0.3) is 0 Å². The maximum Gasteiger partial charge on any atom is 0.305 e. The van der Waals surface area contributed by atoms with Gasteiger partial charge in [-0.05, 0) is 24.3 Å². The number of hydrogen-bond donors (Lipinski definition) is 0. The molecule has 2 bridgehead atoms. The zero-order valence-corrected chi connectivity index (χ0v) is 12.1. The number of rotatable bonds is 4. The van der Waals surface area contributed by atoms with Crippen molar-refractivity contribution in [2.75, 3.05) is 13.1 Å². The number of hydrogen-bond acceptors (Lipinski definition) is 3. The molecular formula is C17H23NO2. The molecule has 2 aliphatic rings. The lowest BCUT2D eigenvalue weighted by atomic mass is 9.98. The van der Waals surface area contributed by atoms with E-state index in [0.29, 0.717) is 18.3 Å². The van der Waals surface area contributed by atoms with Gasteiger partial charge in [0, 0.05) is 32.0 Å². The number of fused-ring (bicyclic) bond motifs is 2. The van der Waals surface area contributed by atoms with Crippen LogP contribution in [0.15, 0.2) is 30.3 Å². The molecule has 3 nitrogen and oxygen atoms in total. The van der Waals surface area contributed by atoms with Crippen LogP contribution in [0.25, 0.3) is 0 Å². The molecule has 3 atom stereocenters. The molecule has 0 spiro atoms. The van der Waals surface area contributed by atoms with Crippen LogP contribution in [0.3, 0.4) is 0 Å². The van der Waals surface area contributed by atoms with Crippen molar-refractivity contribution in [3.63, 3.8) is 0 Å². The lowest BCUT2D eigenvalue weighted by Crippen LogP contribution is -2.37. The quantitative estimate of drug-likeness (QED) is 0.790. The van der Waals surface area contributed by atoms with Crippen molar-refractivity contribution < 1.29 is 9.53 Å². The fraction of sp³-hybridized carbons (Fsp3) is 0.588. The largest absolute Gasteiger partial charge is 0.462 e. The minimum Gasteiger partial charge on any atom is -0.462 e. The third-order valence-corrected chi connectivity index (χ3v) is 4.56. The van der Waals surface area contributed by atoms with E-state index in [9.17, 15) is 4.79 Å². The molecule has 1 saturated heterocycles. The second-order valence-corrected chi connectivity index (χ2v) is 6.16. The molecule has 2 fully saturated rings. The van der Waals surface area contributed by atoms with Crippen LogP contribution in [0, 0.1) is 11.8 Å². The molecule has 1 saturated carbocycles. The van der Waals surface area contributed by atoms with Crippen LogP contribution in [0.4, 0.5) is 0 Å². The van der Waals surface area contributed by atoms with Crippen LogP contribution < -0.4 is 0 Å².